The summed E-state index contributed by atoms with van der Waals surface area (Å²) in [5, 5.41) is 8.02. The van der Waals surface area contributed by atoms with Crippen LogP contribution in [0.2, 0.25) is 0 Å². The Bertz CT molecular complexity index is 454. The van der Waals surface area contributed by atoms with Gasteiger partial charge < -0.3 is 5.11 Å². The van der Waals surface area contributed by atoms with Crippen LogP contribution in [0.5, 0.6) is 0 Å². The molecule has 0 saturated heterocycles. The molecule has 2 N–H and O–H groups in total. The van der Waals surface area contributed by atoms with Gasteiger partial charge in [-0.1, -0.05) is 18.2 Å². The summed E-state index contributed by atoms with van der Waals surface area (Å²) in [5.74, 6) is -3.90. The van der Waals surface area contributed by atoms with Crippen molar-refractivity contribution in [2.45, 2.75) is 12.5 Å². The van der Waals surface area contributed by atoms with E-state index in [1.165, 1.54) is 24.3 Å². The maximum absolute atomic E-state index is 11.7. The topological polar surface area (TPSA) is 66.4 Å². The van der Waals surface area contributed by atoms with Crippen LogP contribution in [-0.2, 0) is 4.79 Å². The van der Waals surface area contributed by atoms with E-state index in [1.54, 1.807) is 6.07 Å². The van der Waals surface area contributed by atoms with Crippen molar-refractivity contribution in [1.82, 2.24) is 5.32 Å². The molecule has 0 aromatic heterocycles. The number of carbonyl (C=O) groups excluding carboxylic acids is 1. The first-order chi connectivity index (χ1) is 8.93. The average Bonchev–Trinajstić information content (AvgIpc) is 2.27. The first-order valence-electron chi connectivity index (χ1n) is 4.68. The van der Waals surface area contributed by atoms with Gasteiger partial charge in [-0.15, -0.1) is 0 Å². The lowest BCUT2D eigenvalue weighted by atomic mass is 10.2. The SMILES string of the molecule is O=C(NC(F)(F)F)c1ccccc1.O=C(O)C(F)(F)F. The molecular weight excluding hydrogens is 296 g/mol. The summed E-state index contributed by atoms with van der Waals surface area (Å²) in [6.45, 7) is 0. The zero-order chi connectivity index (χ0) is 16.0. The van der Waals surface area contributed by atoms with E-state index < -0.39 is 24.4 Å². The highest BCUT2D eigenvalue weighted by Gasteiger charge is 2.38. The van der Waals surface area contributed by atoms with Crippen molar-refractivity contribution in [3.8, 4) is 0 Å². The molecule has 0 aliphatic heterocycles. The second-order valence-electron chi connectivity index (χ2n) is 3.12. The van der Waals surface area contributed by atoms with Gasteiger partial charge in [0.25, 0.3) is 5.91 Å². The molecule has 0 bridgehead atoms. The Morgan fingerprint density at radius 1 is 0.950 bits per heavy atom. The number of nitrogens with one attached hydrogen (secondary N) is 1. The van der Waals surface area contributed by atoms with Crippen molar-refractivity contribution >= 4 is 11.9 Å². The Morgan fingerprint density at radius 3 is 1.65 bits per heavy atom. The van der Waals surface area contributed by atoms with Crippen LogP contribution in [0.3, 0.4) is 0 Å². The minimum atomic E-state index is -5.08. The molecular formula is C10H7F6NO3. The predicted molar refractivity (Wildman–Crippen MR) is 53.7 cm³/mol. The molecule has 1 rings (SSSR count). The Morgan fingerprint density at radius 2 is 1.35 bits per heavy atom. The van der Waals surface area contributed by atoms with Crippen LogP contribution >= 0.6 is 0 Å². The summed E-state index contributed by atoms with van der Waals surface area (Å²) in [6, 6.07) is 7.21. The number of alkyl halides is 6. The van der Waals surface area contributed by atoms with Crippen LogP contribution < -0.4 is 5.32 Å². The second kappa shape index (κ2) is 6.78. The van der Waals surface area contributed by atoms with E-state index in [2.05, 4.69) is 0 Å². The first-order valence-corrected chi connectivity index (χ1v) is 4.68. The van der Waals surface area contributed by atoms with Gasteiger partial charge in [-0.05, 0) is 12.1 Å². The third-order valence-electron chi connectivity index (χ3n) is 1.53. The molecule has 1 aromatic rings. The van der Waals surface area contributed by atoms with Crippen LogP contribution in [-0.4, -0.2) is 29.5 Å². The third-order valence-corrected chi connectivity index (χ3v) is 1.53. The van der Waals surface area contributed by atoms with Gasteiger partial charge in [-0.25, -0.2) is 4.79 Å². The van der Waals surface area contributed by atoms with Crippen molar-refractivity contribution < 1.29 is 41.0 Å². The minimum Gasteiger partial charge on any atom is -0.475 e. The number of benzene rings is 1. The van der Waals surface area contributed by atoms with E-state index in [9.17, 15) is 31.1 Å². The molecule has 10 heteroatoms. The van der Waals surface area contributed by atoms with E-state index in [4.69, 9.17) is 9.90 Å². The number of aliphatic carboxylic acids is 1. The summed E-state index contributed by atoms with van der Waals surface area (Å²) in [5.41, 5.74) is -0.0141. The van der Waals surface area contributed by atoms with E-state index in [-0.39, 0.29) is 5.56 Å². The number of hydrogen-bond acceptors (Lipinski definition) is 2. The highest BCUT2D eigenvalue weighted by atomic mass is 19.4. The normalized spacial score (nSPS) is 11.1. The molecule has 0 spiro atoms. The first kappa shape index (κ1) is 17.7. The van der Waals surface area contributed by atoms with Gasteiger partial charge in [0.05, 0.1) is 0 Å². The fourth-order valence-electron chi connectivity index (χ4n) is 0.790. The fraction of sp³-hybridized carbons (Fsp3) is 0.200. The van der Waals surface area contributed by atoms with Gasteiger partial charge in [0.1, 0.15) is 0 Å². The van der Waals surface area contributed by atoms with Gasteiger partial charge in [-0.3, -0.25) is 10.1 Å². The van der Waals surface area contributed by atoms with Crippen LogP contribution in [0, 0.1) is 0 Å². The maximum Gasteiger partial charge on any atom is 0.490 e. The van der Waals surface area contributed by atoms with Crippen molar-refractivity contribution in [3.63, 3.8) is 0 Å². The Balaban J connectivity index is 0.000000441. The number of carbonyl (C=O) groups is 2. The molecule has 0 radical (unpaired) electrons. The van der Waals surface area contributed by atoms with E-state index in [0.717, 1.165) is 5.32 Å². The largest absolute Gasteiger partial charge is 0.490 e. The summed E-state index contributed by atoms with van der Waals surface area (Å²) in [4.78, 5) is 19.7. The Kier molecular flexibility index (Phi) is 6.01. The summed E-state index contributed by atoms with van der Waals surface area (Å²) in [6.07, 6.45) is -9.76. The van der Waals surface area contributed by atoms with Crippen molar-refractivity contribution in [2.24, 2.45) is 0 Å². The number of amides is 1. The molecule has 4 nitrogen and oxygen atoms in total. The fourth-order valence-corrected chi connectivity index (χ4v) is 0.790. The van der Waals surface area contributed by atoms with Gasteiger partial charge in [0.15, 0.2) is 0 Å². The quantitative estimate of drug-likeness (QED) is 0.619. The number of halogens is 6. The monoisotopic (exact) mass is 303 g/mol. The molecule has 112 valence electrons. The second-order valence-corrected chi connectivity index (χ2v) is 3.12. The van der Waals surface area contributed by atoms with Gasteiger partial charge in [0, 0.05) is 5.56 Å². The number of carboxylic acid groups (broad SMARTS) is 1. The molecule has 0 aliphatic carbocycles. The lowest BCUT2D eigenvalue weighted by Gasteiger charge is -2.07. The van der Waals surface area contributed by atoms with E-state index >= 15 is 0 Å². The lowest BCUT2D eigenvalue weighted by Crippen LogP contribution is -2.37. The smallest absolute Gasteiger partial charge is 0.475 e. The van der Waals surface area contributed by atoms with E-state index in [0.29, 0.717) is 0 Å². The molecule has 0 heterocycles. The predicted octanol–water partition coefficient (Wildman–Crippen LogP) is 2.57. The summed E-state index contributed by atoms with van der Waals surface area (Å²) < 4.78 is 66.7. The summed E-state index contributed by atoms with van der Waals surface area (Å²) in [7, 11) is 0. The molecule has 0 atom stereocenters. The number of hydrogen-bond donors (Lipinski definition) is 2. The molecule has 1 amide bonds. The summed E-state index contributed by atoms with van der Waals surface area (Å²) >= 11 is 0. The Labute approximate surface area is 108 Å². The zero-order valence-corrected chi connectivity index (χ0v) is 9.42. The molecule has 0 fully saturated rings. The highest BCUT2D eigenvalue weighted by Crippen LogP contribution is 2.13. The van der Waals surface area contributed by atoms with Crippen LogP contribution in [0.25, 0.3) is 0 Å². The van der Waals surface area contributed by atoms with Gasteiger partial charge in [-0.2, -0.15) is 26.3 Å². The molecule has 0 aliphatic rings. The minimum absolute atomic E-state index is 0.0141. The Hall–Kier alpha value is -2.26. The zero-order valence-electron chi connectivity index (χ0n) is 9.42. The molecule has 0 unspecified atom stereocenters. The van der Waals surface area contributed by atoms with Gasteiger partial charge >= 0.3 is 18.4 Å². The molecule has 0 saturated carbocycles. The van der Waals surface area contributed by atoms with Gasteiger partial charge in [0.2, 0.25) is 0 Å². The van der Waals surface area contributed by atoms with Crippen LogP contribution in [0.1, 0.15) is 10.4 Å². The highest BCUT2D eigenvalue weighted by molar-refractivity contribution is 5.94. The number of carboxylic acids is 1. The standard InChI is InChI=1S/C8H6F3NO.C2HF3O2/c9-8(10,11)12-7(13)6-4-2-1-3-5-6;3-2(4,5)1(6)7/h1-5H,(H,12,13);(H,6,7). The van der Waals surface area contributed by atoms with Crippen molar-refractivity contribution in [3.05, 3.63) is 35.9 Å². The maximum atomic E-state index is 11.7. The lowest BCUT2D eigenvalue weighted by molar-refractivity contribution is -0.192. The molecule has 1 aromatic carbocycles. The van der Waals surface area contributed by atoms with E-state index in [1.807, 2.05) is 0 Å². The van der Waals surface area contributed by atoms with Crippen LogP contribution in [0.15, 0.2) is 30.3 Å². The van der Waals surface area contributed by atoms with Crippen molar-refractivity contribution in [2.75, 3.05) is 0 Å². The average molecular weight is 303 g/mol. The third kappa shape index (κ3) is 7.95. The number of rotatable bonds is 1. The van der Waals surface area contributed by atoms with Crippen molar-refractivity contribution in [1.29, 1.82) is 0 Å². The van der Waals surface area contributed by atoms with Crippen LogP contribution in [0.4, 0.5) is 26.3 Å². The molecule has 20 heavy (non-hydrogen) atoms.